The number of sulfone groups is 1. The molecule has 2 aliphatic heterocycles. The predicted molar refractivity (Wildman–Crippen MR) is 96.5 cm³/mol. The molecule has 2 aromatic heterocycles. The van der Waals surface area contributed by atoms with Crippen molar-refractivity contribution in [3.8, 4) is 0 Å². The number of fused-ring (bicyclic) bond motifs is 1. The third-order valence-electron chi connectivity index (χ3n) is 4.43. The zero-order valence-corrected chi connectivity index (χ0v) is 15.5. The van der Waals surface area contributed by atoms with Crippen molar-refractivity contribution < 1.29 is 13.2 Å². The molecule has 2 aliphatic rings. The van der Waals surface area contributed by atoms with E-state index in [1.807, 2.05) is 12.3 Å². The Hall–Kier alpha value is -1.32. The fourth-order valence-corrected chi connectivity index (χ4v) is 6.97. The van der Waals surface area contributed by atoms with Crippen LogP contribution in [0.1, 0.15) is 34.5 Å². The molecule has 24 heavy (non-hydrogen) atoms. The van der Waals surface area contributed by atoms with Gasteiger partial charge in [0.25, 0.3) is 0 Å². The number of thiophene rings is 1. The van der Waals surface area contributed by atoms with Crippen LogP contribution < -0.4 is 5.32 Å². The maximum atomic E-state index is 12.2. The van der Waals surface area contributed by atoms with E-state index in [0.29, 0.717) is 18.0 Å². The number of aromatic nitrogens is 2. The van der Waals surface area contributed by atoms with Gasteiger partial charge in [-0.2, -0.15) is 16.4 Å². The highest BCUT2D eigenvalue weighted by molar-refractivity contribution is 8.00. The second-order valence-electron chi connectivity index (χ2n) is 6.15. The maximum absolute atomic E-state index is 12.2. The first kappa shape index (κ1) is 16.2. The van der Waals surface area contributed by atoms with Gasteiger partial charge in [0.05, 0.1) is 34.2 Å². The predicted octanol–water partition coefficient (Wildman–Crippen LogP) is 2.39. The normalized spacial score (nSPS) is 26.0. The fourth-order valence-electron chi connectivity index (χ4n) is 3.33. The van der Waals surface area contributed by atoms with Crippen LogP contribution in [0.5, 0.6) is 0 Å². The lowest BCUT2D eigenvalue weighted by atomic mass is 10.1. The zero-order chi connectivity index (χ0) is 16.9. The molecule has 1 saturated heterocycles. The lowest BCUT2D eigenvalue weighted by Crippen LogP contribution is -2.20. The molecule has 4 heterocycles. The monoisotopic (exact) mass is 383 g/mol. The molecule has 1 N–H and O–H groups in total. The van der Waals surface area contributed by atoms with Crippen LogP contribution in [0.2, 0.25) is 0 Å². The molecule has 2 unspecified atom stereocenters. The van der Waals surface area contributed by atoms with Crippen LogP contribution in [0.3, 0.4) is 0 Å². The average molecular weight is 384 g/mol. The number of amides is 1. The summed E-state index contributed by atoms with van der Waals surface area (Å²) < 4.78 is 25.4. The molecule has 9 heteroatoms. The van der Waals surface area contributed by atoms with Crippen LogP contribution in [-0.2, 0) is 14.6 Å². The van der Waals surface area contributed by atoms with Crippen LogP contribution in [-0.4, -0.2) is 41.4 Å². The van der Waals surface area contributed by atoms with Crippen LogP contribution >= 0.6 is 23.1 Å². The molecule has 1 fully saturated rings. The molecular formula is C15H17N3O3S3. The largest absolute Gasteiger partial charge is 0.310 e. The van der Waals surface area contributed by atoms with Crippen LogP contribution in [0, 0.1) is 6.92 Å². The molecule has 0 spiro atoms. The van der Waals surface area contributed by atoms with E-state index < -0.39 is 9.84 Å². The number of nitrogens with zero attached hydrogens (tertiary/aromatic N) is 2. The molecule has 128 valence electrons. The molecule has 1 amide bonds. The first-order valence-electron chi connectivity index (χ1n) is 7.67. The lowest BCUT2D eigenvalue weighted by Gasteiger charge is -2.15. The number of hydrogen-bond donors (Lipinski definition) is 1. The summed E-state index contributed by atoms with van der Waals surface area (Å²) in [5.41, 5.74) is 3.00. The molecule has 0 aliphatic carbocycles. The van der Waals surface area contributed by atoms with Gasteiger partial charge in [-0.05, 0) is 35.7 Å². The maximum Gasteiger partial charge on any atom is 0.235 e. The first-order valence-corrected chi connectivity index (χ1v) is 11.5. The number of carbonyl (C=O) groups excluding carboxylic acids is 1. The Morgan fingerprint density at radius 3 is 2.92 bits per heavy atom. The van der Waals surface area contributed by atoms with Crippen molar-refractivity contribution in [1.29, 1.82) is 0 Å². The minimum Gasteiger partial charge on any atom is -0.310 e. The summed E-state index contributed by atoms with van der Waals surface area (Å²) >= 11 is 3.21. The minimum atomic E-state index is -3.02. The summed E-state index contributed by atoms with van der Waals surface area (Å²) in [4.78, 5) is 12.2. The standard InChI is InChI=1S/C15H17N3O3S3/c1-9-13-14(10-2-4-22-6-10)23-7-12(19)16-15(13)18(17-9)11-3-5-24(20,21)8-11/h2,4,6,11,14H,3,5,7-8H2,1H3,(H,16,19). The van der Waals surface area contributed by atoms with Crippen molar-refractivity contribution in [2.45, 2.75) is 24.6 Å². The Morgan fingerprint density at radius 2 is 2.25 bits per heavy atom. The number of aryl methyl sites for hydroxylation is 1. The van der Waals surface area contributed by atoms with Gasteiger partial charge in [-0.1, -0.05) is 0 Å². The topological polar surface area (TPSA) is 81.1 Å². The van der Waals surface area contributed by atoms with Gasteiger partial charge in [0, 0.05) is 5.56 Å². The average Bonchev–Trinajstić information content (AvgIpc) is 3.20. The van der Waals surface area contributed by atoms with Crippen LogP contribution in [0.15, 0.2) is 16.8 Å². The Balaban J connectivity index is 1.82. The van der Waals surface area contributed by atoms with Crippen LogP contribution in [0.4, 0.5) is 5.82 Å². The van der Waals surface area contributed by atoms with Gasteiger partial charge in [0.15, 0.2) is 9.84 Å². The van der Waals surface area contributed by atoms with Crippen molar-refractivity contribution in [1.82, 2.24) is 9.78 Å². The Labute approximate surface area is 148 Å². The highest BCUT2D eigenvalue weighted by Crippen LogP contribution is 2.45. The van der Waals surface area contributed by atoms with E-state index >= 15 is 0 Å². The van der Waals surface area contributed by atoms with E-state index in [1.165, 1.54) is 0 Å². The van der Waals surface area contributed by atoms with E-state index in [1.54, 1.807) is 27.8 Å². The number of hydrogen-bond acceptors (Lipinski definition) is 6. The second kappa shape index (κ2) is 5.89. The quantitative estimate of drug-likeness (QED) is 0.861. The van der Waals surface area contributed by atoms with Gasteiger partial charge in [-0.3, -0.25) is 4.79 Å². The highest BCUT2D eigenvalue weighted by atomic mass is 32.2. The number of anilines is 1. The summed E-state index contributed by atoms with van der Waals surface area (Å²) in [6, 6.07) is 1.86. The summed E-state index contributed by atoms with van der Waals surface area (Å²) in [5, 5.41) is 11.7. The summed E-state index contributed by atoms with van der Waals surface area (Å²) in [5.74, 6) is 1.24. The van der Waals surface area contributed by atoms with Crippen molar-refractivity contribution >= 4 is 44.7 Å². The summed E-state index contributed by atoms with van der Waals surface area (Å²) in [6.45, 7) is 1.93. The Morgan fingerprint density at radius 1 is 1.42 bits per heavy atom. The molecule has 0 radical (unpaired) electrons. The van der Waals surface area contributed by atoms with E-state index in [9.17, 15) is 13.2 Å². The van der Waals surface area contributed by atoms with Gasteiger partial charge < -0.3 is 5.32 Å². The van der Waals surface area contributed by atoms with Gasteiger partial charge >= 0.3 is 0 Å². The van der Waals surface area contributed by atoms with E-state index in [-0.39, 0.29) is 28.7 Å². The van der Waals surface area contributed by atoms with E-state index in [0.717, 1.165) is 16.8 Å². The molecular weight excluding hydrogens is 366 g/mol. The molecule has 0 aromatic carbocycles. The van der Waals surface area contributed by atoms with Gasteiger partial charge in [-0.25, -0.2) is 13.1 Å². The Kier molecular flexibility index (Phi) is 3.97. The SMILES string of the molecule is Cc1nn(C2CCS(=O)(=O)C2)c2c1C(c1ccsc1)SCC(=O)N2. The van der Waals surface area contributed by atoms with Crippen molar-refractivity contribution in [3.63, 3.8) is 0 Å². The van der Waals surface area contributed by atoms with Crippen molar-refractivity contribution in [2.75, 3.05) is 22.6 Å². The first-order chi connectivity index (χ1) is 11.4. The number of nitrogens with one attached hydrogen (secondary N) is 1. The summed E-state index contributed by atoms with van der Waals surface area (Å²) in [7, 11) is -3.02. The molecule has 0 bridgehead atoms. The minimum absolute atomic E-state index is 0.0389. The van der Waals surface area contributed by atoms with Gasteiger partial charge in [-0.15, -0.1) is 11.8 Å². The number of carbonyl (C=O) groups is 1. The van der Waals surface area contributed by atoms with Crippen molar-refractivity contribution in [2.24, 2.45) is 0 Å². The number of rotatable bonds is 2. The third-order valence-corrected chi connectivity index (χ3v) is 8.15. The summed E-state index contributed by atoms with van der Waals surface area (Å²) in [6.07, 6.45) is 0.544. The molecule has 6 nitrogen and oxygen atoms in total. The second-order valence-corrected chi connectivity index (χ2v) is 10.2. The Bertz CT molecular complexity index is 887. The van der Waals surface area contributed by atoms with E-state index in [4.69, 9.17) is 0 Å². The van der Waals surface area contributed by atoms with Gasteiger partial charge in [0.2, 0.25) is 5.91 Å². The molecule has 2 aromatic rings. The van der Waals surface area contributed by atoms with Gasteiger partial charge in [0.1, 0.15) is 5.82 Å². The third kappa shape index (κ3) is 2.78. The molecule has 4 rings (SSSR count). The van der Waals surface area contributed by atoms with Crippen molar-refractivity contribution in [3.05, 3.63) is 33.6 Å². The van der Waals surface area contributed by atoms with E-state index in [2.05, 4.69) is 21.9 Å². The highest BCUT2D eigenvalue weighted by Gasteiger charge is 2.36. The molecule has 0 saturated carbocycles. The number of thioether (sulfide) groups is 1. The smallest absolute Gasteiger partial charge is 0.235 e. The van der Waals surface area contributed by atoms with Crippen LogP contribution in [0.25, 0.3) is 0 Å². The molecule has 2 atom stereocenters. The fraction of sp³-hybridized carbons (Fsp3) is 0.467. The zero-order valence-electron chi connectivity index (χ0n) is 13.1. The lowest BCUT2D eigenvalue weighted by molar-refractivity contribution is -0.113.